The molecule has 0 aromatic heterocycles. The van der Waals surface area contributed by atoms with Gasteiger partial charge in [-0.15, -0.1) is 0 Å². The van der Waals surface area contributed by atoms with Crippen LogP contribution in [0.2, 0.25) is 0 Å². The summed E-state index contributed by atoms with van der Waals surface area (Å²) >= 11 is 11.1. The van der Waals surface area contributed by atoms with E-state index in [1.54, 1.807) is 5.56 Å². The number of halogens is 3. The van der Waals surface area contributed by atoms with Crippen LogP contribution in [0.1, 0.15) is 132 Å². The van der Waals surface area contributed by atoms with Crippen LogP contribution in [0.3, 0.4) is 0 Å². The fourth-order valence-corrected chi connectivity index (χ4v) is 19.1. The maximum Gasteiger partial charge on any atom is 0.213 e. The topological polar surface area (TPSA) is 106 Å². The van der Waals surface area contributed by atoms with Crippen LogP contribution in [0.4, 0.5) is 17.1 Å². The molecule has 0 radical (unpaired) electrons. The van der Waals surface area contributed by atoms with Gasteiger partial charge in [-0.05, 0) is 234 Å². The highest BCUT2D eigenvalue weighted by Crippen LogP contribution is 2.73. The van der Waals surface area contributed by atoms with Gasteiger partial charge in [0.15, 0.2) is 28.7 Å². The van der Waals surface area contributed by atoms with Gasteiger partial charge in [-0.3, -0.25) is 0 Å². The third-order valence-corrected chi connectivity index (χ3v) is 20.1. The van der Waals surface area contributed by atoms with Crippen LogP contribution in [0.15, 0.2) is 68.0 Å². The number of nitrogens with two attached hydrogens (primary N) is 3. The van der Waals surface area contributed by atoms with Crippen LogP contribution < -0.4 is 31.4 Å². The Hall–Kier alpha value is -2.88. The number of hydrogen-bond donors (Lipinski definition) is 3. The zero-order valence-electron chi connectivity index (χ0n) is 36.2. The van der Waals surface area contributed by atoms with Crippen LogP contribution >= 0.6 is 47.8 Å². The molecule has 0 aliphatic heterocycles. The zero-order valence-corrected chi connectivity index (χ0v) is 41.0. The third-order valence-electron chi connectivity index (χ3n) is 18.6. The van der Waals surface area contributed by atoms with Gasteiger partial charge in [-0.25, -0.2) is 0 Å². The maximum atomic E-state index is 7.72. The van der Waals surface area contributed by atoms with E-state index in [0.29, 0.717) is 40.1 Å². The smallest absolute Gasteiger partial charge is 0.213 e. The molecule has 12 aliphatic carbocycles. The Bertz CT molecular complexity index is 2320. The monoisotopic (exact) mass is 1040 g/mol. The predicted molar refractivity (Wildman–Crippen MR) is 262 cm³/mol. The summed E-state index contributed by atoms with van der Waals surface area (Å²) in [6.45, 7) is 0. The largest absolute Gasteiger partial charge is 0.451 e. The van der Waals surface area contributed by atoms with E-state index >= 15 is 0 Å². The molecule has 330 valence electrons. The van der Waals surface area contributed by atoms with Gasteiger partial charge in [0.2, 0.25) is 5.75 Å². The second-order valence-electron chi connectivity index (χ2n) is 23.1. The average Bonchev–Trinajstić information content (AvgIpc) is 3.20. The Morgan fingerprint density at radius 2 is 0.587 bits per heavy atom. The molecule has 16 rings (SSSR count). The molecule has 12 bridgehead atoms. The number of nitrogen functional groups attached to an aromatic ring is 3. The van der Waals surface area contributed by atoms with Gasteiger partial charge >= 0.3 is 0 Å². The lowest BCUT2D eigenvalue weighted by molar-refractivity contribution is -0.0255. The fraction of sp³-hybridized carbons (Fsp3) is 0.556. The van der Waals surface area contributed by atoms with Gasteiger partial charge in [0, 0.05) is 35.4 Å². The summed E-state index contributed by atoms with van der Waals surface area (Å²) in [5, 5.41) is 0. The molecular weight excluding hydrogens is 978 g/mol. The summed E-state index contributed by atoms with van der Waals surface area (Å²) in [4.78, 5) is 0. The minimum atomic E-state index is -0.0392. The molecule has 0 heterocycles. The van der Waals surface area contributed by atoms with Gasteiger partial charge in [-0.2, -0.15) is 0 Å². The van der Waals surface area contributed by atoms with Crippen molar-refractivity contribution >= 4 is 64.9 Å². The molecule has 4 aromatic carbocycles. The number of ether oxygens (including phenoxy) is 3. The van der Waals surface area contributed by atoms with Crippen molar-refractivity contribution in [1.29, 1.82) is 0 Å². The first-order chi connectivity index (χ1) is 30.4. The predicted octanol–water partition coefficient (Wildman–Crippen LogP) is 15.5. The van der Waals surface area contributed by atoms with Crippen molar-refractivity contribution in [3.63, 3.8) is 0 Å². The normalized spacial score (nSPS) is 37.5. The Morgan fingerprint density at radius 1 is 0.349 bits per heavy atom. The molecule has 6 N–H and O–H groups in total. The van der Waals surface area contributed by atoms with E-state index in [1.165, 1.54) is 127 Å². The molecule has 4 aromatic rings. The van der Waals surface area contributed by atoms with Crippen LogP contribution in [0.5, 0.6) is 34.5 Å². The van der Waals surface area contributed by atoms with E-state index in [2.05, 4.69) is 47.8 Å². The summed E-state index contributed by atoms with van der Waals surface area (Å²) in [5.41, 5.74) is 27.3. The van der Waals surface area contributed by atoms with Crippen LogP contribution in [0.25, 0.3) is 0 Å². The van der Waals surface area contributed by atoms with Crippen molar-refractivity contribution in [3.05, 3.63) is 84.7 Å². The second-order valence-corrected chi connectivity index (χ2v) is 25.8. The number of anilines is 3. The van der Waals surface area contributed by atoms with Crippen molar-refractivity contribution in [1.82, 2.24) is 0 Å². The quantitative estimate of drug-likeness (QED) is 0.144. The van der Waals surface area contributed by atoms with E-state index in [1.807, 2.05) is 54.6 Å². The van der Waals surface area contributed by atoms with Gasteiger partial charge in [-0.1, -0.05) is 47.8 Å². The standard InChI is InChI=1S/C54H60Br3N3O3/c55-37-1-4-43(40(58)16-37)61-49-47(53-22-31-10-32(23-53)12-33(11-31)24-53)46(52-19-28-7-29(20-52)9-30(8-28)21-52)48(54-25-34-13-35(26-54)15-36(14-34)27-54)50(62-44-5-2-38(56)17-41(44)59)51(49)63-45-6-3-39(57)18-42(45)60/h1-6,16-18,28-36H,7-15,19-27,58-60H2. The number of rotatable bonds is 9. The number of benzene rings is 4. The molecule has 12 saturated carbocycles. The summed E-state index contributed by atoms with van der Waals surface area (Å²) in [7, 11) is 0. The second kappa shape index (κ2) is 14.6. The Kier molecular flexibility index (Phi) is 9.34. The molecule has 0 atom stereocenters. The van der Waals surface area contributed by atoms with E-state index in [4.69, 9.17) is 31.4 Å². The highest BCUT2D eigenvalue weighted by atomic mass is 79.9. The summed E-state index contributed by atoms with van der Waals surface area (Å²) in [6, 6.07) is 18.1. The first kappa shape index (κ1) is 40.4. The molecule has 0 amide bonds. The lowest BCUT2D eigenvalue weighted by Crippen LogP contribution is -2.55. The van der Waals surface area contributed by atoms with Gasteiger partial charge in [0.25, 0.3) is 0 Å². The molecule has 0 saturated heterocycles. The molecule has 12 aliphatic rings. The highest BCUT2D eigenvalue weighted by Gasteiger charge is 2.62. The first-order valence-electron chi connectivity index (χ1n) is 24.3. The SMILES string of the molecule is Nc1cc(Br)ccc1Oc1c(Oc2ccc(Br)cc2N)c(C23CC4CC(CC(C4)C2)C3)c(C23CC4CC(CC(C4)C2)C3)c(C23CC4CC(CC(C4)C2)C3)c1Oc1ccc(Br)cc1N. The first-order valence-corrected chi connectivity index (χ1v) is 26.7. The van der Waals surface area contributed by atoms with Crippen LogP contribution in [-0.4, -0.2) is 0 Å². The van der Waals surface area contributed by atoms with Crippen molar-refractivity contribution < 1.29 is 14.2 Å². The minimum absolute atomic E-state index is 0.0357. The summed E-state index contributed by atoms with van der Waals surface area (Å²) in [6.07, 6.45) is 23.4. The zero-order chi connectivity index (χ0) is 42.6. The lowest BCUT2D eigenvalue weighted by Gasteiger charge is -2.63. The van der Waals surface area contributed by atoms with Gasteiger partial charge in [0.05, 0.1) is 17.1 Å². The van der Waals surface area contributed by atoms with Crippen LogP contribution in [-0.2, 0) is 16.2 Å². The summed E-state index contributed by atoms with van der Waals surface area (Å²) < 4.78 is 25.8. The molecule has 63 heavy (non-hydrogen) atoms. The third kappa shape index (κ3) is 6.59. The maximum absolute atomic E-state index is 7.72. The van der Waals surface area contributed by atoms with Crippen molar-refractivity contribution in [2.24, 2.45) is 53.3 Å². The van der Waals surface area contributed by atoms with Crippen molar-refractivity contribution in [2.75, 3.05) is 17.2 Å². The van der Waals surface area contributed by atoms with Crippen LogP contribution in [0, 0.1) is 53.3 Å². The Labute approximate surface area is 397 Å². The van der Waals surface area contributed by atoms with Gasteiger partial charge in [0.1, 0.15) is 0 Å². The molecule has 0 spiro atoms. The van der Waals surface area contributed by atoms with E-state index in [-0.39, 0.29) is 16.2 Å². The minimum Gasteiger partial charge on any atom is -0.451 e. The molecule has 0 unspecified atom stereocenters. The van der Waals surface area contributed by atoms with E-state index < -0.39 is 0 Å². The van der Waals surface area contributed by atoms with E-state index in [9.17, 15) is 0 Å². The van der Waals surface area contributed by atoms with Gasteiger partial charge < -0.3 is 31.4 Å². The summed E-state index contributed by atoms with van der Waals surface area (Å²) in [5.74, 6) is 10.8. The lowest BCUT2D eigenvalue weighted by atomic mass is 9.41. The number of hydrogen-bond acceptors (Lipinski definition) is 6. The molecule has 6 nitrogen and oxygen atoms in total. The van der Waals surface area contributed by atoms with Crippen molar-refractivity contribution in [2.45, 2.75) is 132 Å². The molecule has 9 heteroatoms. The fourth-order valence-electron chi connectivity index (χ4n) is 17.9. The van der Waals surface area contributed by atoms with Crippen molar-refractivity contribution in [3.8, 4) is 34.5 Å². The Morgan fingerprint density at radius 3 is 0.841 bits per heavy atom. The Balaban J connectivity index is 1.19. The van der Waals surface area contributed by atoms with E-state index in [0.717, 1.165) is 78.2 Å². The average molecular weight is 1040 g/mol. The molecule has 12 fully saturated rings. The molecular formula is C54H60Br3N3O3. The highest BCUT2D eigenvalue weighted by molar-refractivity contribution is 9.11.